The van der Waals surface area contributed by atoms with Crippen LogP contribution in [0.5, 0.6) is 0 Å². The number of likely N-dealkylation sites (tertiary alicyclic amines) is 1. The zero-order valence-electron chi connectivity index (χ0n) is 9.35. The molecule has 0 aliphatic carbocycles. The van der Waals surface area contributed by atoms with Crippen LogP contribution in [0.25, 0.3) is 0 Å². The van der Waals surface area contributed by atoms with Crippen LogP contribution < -0.4 is 5.48 Å². The molecule has 1 rings (SSSR count). The third kappa shape index (κ3) is 3.77. The summed E-state index contributed by atoms with van der Waals surface area (Å²) in [6.07, 6.45) is 1.62. The Kier molecular flexibility index (Phi) is 5.19. The zero-order valence-corrected chi connectivity index (χ0v) is 9.35. The van der Waals surface area contributed by atoms with Gasteiger partial charge in [-0.05, 0) is 19.4 Å². The Labute approximate surface area is 94.7 Å². The van der Waals surface area contributed by atoms with Crippen molar-refractivity contribution in [1.29, 1.82) is 5.26 Å². The highest BCUT2D eigenvalue weighted by Gasteiger charge is 2.27. The molecule has 6 nitrogen and oxygen atoms in total. The van der Waals surface area contributed by atoms with Crippen LogP contribution in [-0.2, 0) is 9.63 Å². The zero-order chi connectivity index (χ0) is 12.0. The fraction of sp³-hybridized carbons (Fsp3) is 0.800. The topological polar surface area (TPSA) is 85.6 Å². The maximum Gasteiger partial charge on any atom is 0.331 e. The predicted octanol–water partition coefficient (Wildman–Crippen LogP) is -0.0313. The fourth-order valence-electron chi connectivity index (χ4n) is 1.86. The number of likely N-dealkylation sites (N-methyl/N-ethyl adjacent to an activating group) is 1. The molecule has 1 aliphatic rings. The molecule has 0 spiro atoms. The molecule has 90 valence electrons. The molecule has 1 aliphatic heterocycles. The molecule has 1 saturated heterocycles. The Balaban J connectivity index is 2.31. The molecule has 2 atom stereocenters. The van der Waals surface area contributed by atoms with Crippen molar-refractivity contribution >= 4 is 5.97 Å². The molecule has 1 heterocycles. The minimum atomic E-state index is -0.995. The van der Waals surface area contributed by atoms with Crippen molar-refractivity contribution < 1.29 is 14.7 Å². The number of hydroxylamine groups is 1. The summed E-state index contributed by atoms with van der Waals surface area (Å²) in [6, 6.07) is 2.34. The lowest BCUT2D eigenvalue weighted by Gasteiger charge is -2.35. The third-order valence-electron chi connectivity index (χ3n) is 2.69. The van der Waals surface area contributed by atoms with E-state index in [4.69, 9.17) is 15.2 Å². The molecular formula is C10H17N3O3. The summed E-state index contributed by atoms with van der Waals surface area (Å²) in [6.45, 7) is 3.19. The first-order chi connectivity index (χ1) is 7.67. The fourth-order valence-corrected chi connectivity index (χ4v) is 1.86. The Morgan fingerprint density at radius 1 is 1.69 bits per heavy atom. The van der Waals surface area contributed by atoms with Crippen LogP contribution in [-0.4, -0.2) is 47.8 Å². The second-order valence-corrected chi connectivity index (χ2v) is 3.81. The van der Waals surface area contributed by atoms with Crippen molar-refractivity contribution in [3.63, 3.8) is 0 Å². The Bertz CT molecular complexity index is 277. The van der Waals surface area contributed by atoms with Crippen LogP contribution in [0.1, 0.15) is 19.8 Å². The molecule has 1 fully saturated rings. The molecule has 0 aromatic carbocycles. The van der Waals surface area contributed by atoms with Crippen molar-refractivity contribution in [1.82, 2.24) is 10.4 Å². The maximum atomic E-state index is 10.2. The first-order valence-corrected chi connectivity index (χ1v) is 5.40. The number of nitrogens with zero attached hydrogens (tertiary/aromatic N) is 2. The second-order valence-electron chi connectivity index (χ2n) is 3.81. The molecule has 0 aromatic heterocycles. The summed E-state index contributed by atoms with van der Waals surface area (Å²) in [4.78, 5) is 17.1. The number of carboxylic acids is 1. The van der Waals surface area contributed by atoms with Crippen molar-refractivity contribution in [2.45, 2.75) is 31.8 Å². The van der Waals surface area contributed by atoms with E-state index in [0.717, 1.165) is 19.4 Å². The van der Waals surface area contributed by atoms with Crippen molar-refractivity contribution in [2.75, 3.05) is 19.7 Å². The second kappa shape index (κ2) is 6.43. The standard InChI is InChI=1S/C10H17N3O3/c1-2-13-6-8(3-4-9(13)5-11)12-16-7-10(14)15/h8-9,12H,2-4,6-7H2,1H3,(H,14,15)/t8?,9-/m0/s1. The Hall–Kier alpha value is -1.16. The van der Waals surface area contributed by atoms with Gasteiger partial charge in [0.05, 0.1) is 12.1 Å². The molecule has 1 unspecified atom stereocenters. The van der Waals surface area contributed by atoms with Crippen molar-refractivity contribution in [3.05, 3.63) is 0 Å². The third-order valence-corrected chi connectivity index (χ3v) is 2.69. The average molecular weight is 227 g/mol. The highest BCUT2D eigenvalue weighted by molar-refractivity contribution is 5.67. The number of hydrogen-bond donors (Lipinski definition) is 2. The van der Waals surface area contributed by atoms with Gasteiger partial charge in [0.1, 0.15) is 0 Å². The van der Waals surface area contributed by atoms with E-state index in [2.05, 4.69) is 16.4 Å². The number of carbonyl (C=O) groups is 1. The van der Waals surface area contributed by atoms with Gasteiger partial charge in [-0.2, -0.15) is 10.7 Å². The number of rotatable bonds is 5. The summed E-state index contributed by atoms with van der Waals surface area (Å²) < 4.78 is 0. The molecule has 0 amide bonds. The van der Waals surface area contributed by atoms with Crippen LogP contribution >= 0.6 is 0 Å². The van der Waals surface area contributed by atoms with E-state index < -0.39 is 5.97 Å². The van der Waals surface area contributed by atoms with Crippen LogP contribution in [0, 0.1) is 11.3 Å². The van der Waals surface area contributed by atoms with E-state index in [1.54, 1.807) is 0 Å². The van der Waals surface area contributed by atoms with Crippen LogP contribution in [0.15, 0.2) is 0 Å². The van der Waals surface area contributed by atoms with Gasteiger partial charge in [-0.25, -0.2) is 4.79 Å². The van der Waals surface area contributed by atoms with E-state index in [0.29, 0.717) is 6.54 Å². The number of piperidine rings is 1. The normalized spacial score (nSPS) is 26.2. The number of nitrogens with one attached hydrogen (secondary N) is 1. The first-order valence-electron chi connectivity index (χ1n) is 5.40. The molecule has 0 radical (unpaired) electrons. The molecule has 0 bridgehead atoms. The van der Waals surface area contributed by atoms with Gasteiger partial charge in [0.25, 0.3) is 0 Å². The van der Waals surface area contributed by atoms with E-state index in [-0.39, 0.29) is 18.7 Å². The maximum absolute atomic E-state index is 10.2. The SMILES string of the molecule is CCN1CC(NOCC(=O)O)CC[C@H]1C#N. The van der Waals surface area contributed by atoms with Gasteiger partial charge in [-0.1, -0.05) is 6.92 Å². The number of carboxylic acid groups (broad SMARTS) is 1. The number of nitriles is 1. The Morgan fingerprint density at radius 3 is 3.00 bits per heavy atom. The highest BCUT2D eigenvalue weighted by Crippen LogP contribution is 2.16. The Morgan fingerprint density at radius 2 is 2.44 bits per heavy atom. The van der Waals surface area contributed by atoms with Gasteiger partial charge in [0, 0.05) is 12.6 Å². The van der Waals surface area contributed by atoms with Crippen molar-refractivity contribution in [2.24, 2.45) is 0 Å². The summed E-state index contributed by atoms with van der Waals surface area (Å²) in [5, 5.41) is 17.3. The van der Waals surface area contributed by atoms with Gasteiger partial charge in [-0.3, -0.25) is 9.74 Å². The predicted molar refractivity (Wildman–Crippen MR) is 56.4 cm³/mol. The monoisotopic (exact) mass is 227 g/mol. The molecule has 16 heavy (non-hydrogen) atoms. The summed E-state index contributed by atoms with van der Waals surface area (Å²) in [7, 11) is 0. The van der Waals surface area contributed by atoms with Crippen molar-refractivity contribution in [3.8, 4) is 6.07 Å². The van der Waals surface area contributed by atoms with E-state index in [9.17, 15) is 4.79 Å². The number of aliphatic carboxylic acids is 1. The van der Waals surface area contributed by atoms with Gasteiger partial charge in [0.2, 0.25) is 0 Å². The molecule has 6 heteroatoms. The highest BCUT2D eigenvalue weighted by atomic mass is 16.7. The van der Waals surface area contributed by atoms with Crippen LogP contribution in [0.2, 0.25) is 0 Å². The van der Waals surface area contributed by atoms with Gasteiger partial charge >= 0.3 is 5.97 Å². The minimum Gasteiger partial charge on any atom is -0.479 e. The van der Waals surface area contributed by atoms with Gasteiger partial charge in [-0.15, -0.1) is 0 Å². The van der Waals surface area contributed by atoms with E-state index >= 15 is 0 Å². The largest absolute Gasteiger partial charge is 0.479 e. The summed E-state index contributed by atoms with van der Waals surface area (Å²) in [5.74, 6) is -0.995. The lowest BCUT2D eigenvalue weighted by Crippen LogP contribution is -2.50. The van der Waals surface area contributed by atoms with Gasteiger partial charge < -0.3 is 5.11 Å². The van der Waals surface area contributed by atoms with Crippen LogP contribution in [0.3, 0.4) is 0 Å². The average Bonchev–Trinajstić information content (AvgIpc) is 2.28. The molecule has 2 N–H and O–H groups in total. The van der Waals surface area contributed by atoms with E-state index in [1.807, 2.05) is 6.92 Å². The summed E-state index contributed by atoms with van der Waals surface area (Å²) in [5.41, 5.74) is 2.73. The smallest absolute Gasteiger partial charge is 0.331 e. The van der Waals surface area contributed by atoms with Gasteiger partial charge in [0.15, 0.2) is 6.61 Å². The van der Waals surface area contributed by atoms with E-state index in [1.165, 1.54) is 0 Å². The number of hydrogen-bond acceptors (Lipinski definition) is 5. The summed E-state index contributed by atoms with van der Waals surface area (Å²) >= 11 is 0. The first kappa shape index (κ1) is 12.9. The van der Waals surface area contributed by atoms with Crippen LogP contribution in [0.4, 0.5) is 0 Å². The lowest BCUT2D eigenvalue weighted by atomic mass is 10.00. The molecular weight excluding hydrogens is 210 g/mol. The quantitative estimate of drug-likeness (QED) is 0.641. The minimum absolute atomic E-state index is 0.0254. The lowest BCUT2D eigenvalue weighted by molar-refractivity contribution is -0.146. The molecule has 0 aromatic rings. The molecule has 0 saturated carbocycles.